The van der Waals surface area contributed by atoms with Gasteiger partial charge in [-0.3, -0.25) is 14.5 Å². The monoisotopic (exact) mass is 441 g/mol. The molecule has 9 heteroatoms. The van der Waals surface area contributed by atoms with E-state index in [0.717, 1.165) is 38.0 Å². The zero-order valence-corrected chi connectivity index (χ0v) is 18.4. The predicted octanol–water partition coefficient (Wildman–Crippen LogP) is 2.95. The number of carbonyl (C=O) groups excluding carboxylic acids is 2. The number of carbonyl (C=O) groups is 2. The van der Waals surface area contributed by atoms with E-state index < -0.39 is 0 Å². The van der Waals surface area contributed by atoms with Crippen LogP contribution in [0.2, 0.25) is 0 Å². The largest absolute Gasteiger partial charge is 0.466 e. The average Bonchev–Trinajstić information content (AvgIpc) is 3.36. The number of benzene rings is 1. The van der Waals surface area contributed by atoms with Gasteiger partial charge in [-0.05, 0) is 50.9 Å². The molecular weight excluding hydrogens is 414 g/mol. The van der Waals surface area contributed by atoms with E-state index in [1.165, 1.54) is 16.9 Å². The number of imidazole rings is 1. The Kier molecular flexibility index (Phi) is 6.93. The fraction of sp³-hybridized carbons (Fsp3) is 0.455. The average molecular weight is 442 g/mol. The Morgan fingerprint density at radius 1 is 1.26 bits per heavy atom. The first kappa shape index (κ1) is 21.5. The van der Waals surface area contributed by atoms with Crippen LogP contribution in [0.15, 0.2) is 36.0 Å². The molecule has 3 aromatic rings. The molecule has 0 spiro atoms. The molecule has 164 valence electrons. The van der Waals surface area contributed by atoms with Crippen molar-refractivity contribution in [3.8, 4) is 0 Å². The van der Waals surface area contributed by atoms with Gasteiger partial charge >= 0.3 is 5.97 Å². The summed E-state index contributed by atoms with van der Waals surface area (Å²) in [6, 6.07) is 8.20. The van der Waals surface area contributed by atoms with E-state index in [1.54, 1.807) is 12.3 Å². The third-order valence-electron chi connectivity index (χ3n) is 5.49. The second kappa shape index (κ2) is 10.0. The molecule has 1 aliphatic rings. The molecule has 0 bridgehead atoms. The summed E-state index contributed by atoms with van der Waals surface area (Å²) in [6.45, 7) is 5.24. The molecule has 1 aromatic carbocycles. The number of aromatic nitrogens is 3. The van der Waals surface area contributed by atoms with Gasteiger partial charge in [0.2, 0.25) is 5.91 Å². The molecule has 1 amide bonds. The fourth-order valence-corrected chi connectivity index (χ4v) is 4.65. The number of nitrogens with zero attached hydrogens (tertiary/aromatic N) is 4. The van der Waals surface area contributed by atoms with Crippen molar-refractivity contribution in [3.05, 3.63) is 41.7 Å². The van der Waals surface area contributed by atoms with Crippen LogP contribution in [0.3, 0.4) is 0 Å². The van der Waals surface area contributed by atoms with Crippen LogP contribution in [0, 0.1) is 5.92 Å². The molecule has 1 saturated heterocycles. The quantitative estimate of drug-likeness (QED) is 0.541. The third kappa shape index (κ3) is 5.68. The third-order valence-corrected chi connectivity index (χ3v) is 6.29. The van der Waals surface area contributed by atoms with Crippen molar-refractivity contribution in [1.29, 1.82) is 0 Å². The molecule has 0 radical (unpaired) electrons. The van der Waals surface area contributed by atoms with Crippen LogP contribution in [0.25, 0.3) is 11.0 Å². The van der Waals surface area contributed by atoms with Gasteiger partial charge in [0.15, 0.2) is 5.13 Å². The van der Waals surface area contributed by atoms with E-state index in [9.17, 15) is 9.59 Å². The lowest BCUT2D eigenvalue weighted by atomic mass is 9.96. The van der Waals surface area contributed by atoms with Crippen molar-refractivity contribution < 1.29 is 14.3 Å². The normalized spacial score (nSPS) is 15.3. The van der Waals surface area contributed by atoms with Crippen molar-refractivity contribution in [2.24, 2.45) is 5.92 Å². The number of fused-ring (bicyclic) bond motifs is 1. The number of para-hydroxylation sites is 2. The van der Waals surface area contributed by atoms with Gasteiger partial charge in [-0.25, -0.2) is 9.97 Å². The van der Waals surface area contributed by atoms with E-state index >= 15 is 0 Å². The number of esters is 1. The standard InChI is InChI=1S/C22H27N5O3S/c1-2-30-21(29)11-17-14-31-22(24-17)25-20(28)13-26-9-7-16(8-10-26)12-27-15-23-18-5-3-4-6-19(18)27/h3-6,14-16H,2,7-13H2,1H3,(H,24,25,28). The zero-order valence-electron chi connectivity index (χ0n) is 17.6. The maximum Gasteiger partial charge on any atom is 0.311 e. The second-order valence-electron chi connectivity index (χ2n) is 7.78. The molecule has 1 N–H and O–H groups in total. The highest BCUT2D eigenvalue weighted by atomic mass is 32.1. The SMILES string of the molecule is CCOC(=O)Cc1csc(NC(=O)CN2CCC(Cn3cnc4ccccc43)CC2)n1. The number of hydrogen-bond acceptors (Lipinski definition) is 7. The van der Waals surface area contributed by atoms with Crippen LogP contribution in [0.1, 0.15) is 25.5 Å². The van der Waals surface area contributed by atoms with Crippen molar-refractivity contribution in [2.75, 3.05) is 31.6 Å². The highest BCUT2D eigenvalue weighted by molar-refractivity contribution is 7.13. The summed E-state index contributed by atoms with van der Waals surface area (Å²) < 4.78 is 7.16. The van der Waals surface area contributed by atoms with Gasteiger partial charge in [0.05, 0.1) is 42.6 Å². The number of nitrogens with one attached hydrogen (secondary N) is 1. The maximum atomic E-state index is 12.4. The summed E-state index contributed by atoms with van der Waals surface area (Å²) in [6.07, 6.45) is 4.16. The Hall–Kier alpha value is -2.78. The first-order chi connectivity index (χ1) is 15.1. The minimum atomic E-state index is -0.308. The number of anilines is 1. The van der Waals surface area contributed by atoms with Crippen molar-refractivity contribution in [2.45, 2.75) is 32.7 Å². The Morgan fingerprint density at radius 2 is 2.06 bits per heavy atom. The van der Waals surface area contributed by atoms with Crippen LogP contribution < -0.4 is 5.32 Å². The lowest BCUT2D eigenvalue weighted by Gasteiger charge is -2.31. The van der Waals surface area contributed by atoms with Crippen LogP contribution in [0.5, 0.6) is 0 Å². The van der Waals surface area contributed by atoms with Crippen LogP contribution >= 0.6 is 11.3 Å². The number of piperidine rings is 1. The van der Waals surface area contributed by atoms with E-state index in [4.69, 9.17) is 4.74 Å². The molecule has 0 atom stereocenters. The molecule has 3 heterocycles. The molecule has 0 unspecified atom stereocenters. The van der Waals surface area contributed by atoms with Crippen molar-refractivity contribution >= 4 is 39.4 Å². The number of amides is 1. The molecule has 0 aliphatic carbocycles. The number of likely N-dealkylation sites (tertiary alicyclic amines) is 1. The lowest BCUT2D eigenvalue weighted by Crippen LogP contribution is -2.39. The van der Waals surface area contributed by atoms with Crippen molar-refractivity contribution in [3.63, 3.8) is 0 Å². The Balaban J connectivity index is 1.21. The van der Waals surface area contributed by atoms with Gasteiger partial charge in [0.1, 0.15) is 0 Å². The first-order valence-electron chi connectivity index (χ1n) is 10.6. The number of ether oxygens (including phenoxy) is 1. The van der Waals surface area contributed by atoms with E-state index in [1.807, 2.05) is 24.5 Å². The summed E-state index contributed by atoms with van der Waals surface area (Å²) in [5.41, 5.74) is 2.82. The van der Waals surface area contributed by atoms with Crippen LogP contribution in [0.4, 0.5) is 5.13 Å². The second-order valence-corrected chi connectivity index (χ2v) is 8.64. The fourth-order valence-electron chi connectivity index (χ4n) is 3.93. The van der Waals surface area contributed by atoms with Crippen LogP contribution in [-0.4, -0.2) is 57.6 Å². The van der Waals surface area contributed by atoms with Gasteiger partial charge in [-0.2, -0.15) is 0 Å². The summed E-state index contributed by atoms with van der Waals surface area (Å²) in [5.74, 6) is 0.203. The first-order valence-corrected chi connectivity index (χ1v) is 11.5. The van der Waals surface area contributed by atoms with Gasteiger partial charge in [0, 0.05) is 11.9 Å². The molecule has 31 heavy (non-hydrogen) atoms. The minimum Gasteiger partial charge on any atom is -0.466 e. The van der Waals surface area contributed by atoms with Crippen molar-refractivity contribution in [1.82, 2.24) is 19.4 Å². The summed E-state index contributed by atoms with van der Waals surface area (Å²) in [4.78, 5) is 34.9. The van der Waals surface area contributed by atoms with Gasteiger partial charge in [0.25, 0.3) is 0 Å². The molecule has 0 saturated carbocycles. The highest BCUT2D eigenvalue weighted by Gasteiger charge is 2.22. The summed E-state index contributed by atoms with van der Waals surface area (Å²) in [5, 5.41) is 5.14. The smallest absolute Gasteiger partial charge is 0.311 e. The van der Waals surface area contributed by atoms with E-state index in [2.05, 4.69) is 30.8 Å². The molecule has 4 rings (SSSR count). The topological polar surface area (TPSA) is 89.4 Å². The zero-order chi connectivity index (χ0) is 21.6. The number of rotatable bonds is 8. The van der Waals surface area contributed by atoms with E-state index in [0.29, 0.717) is 29.9 Å². The van der Waals surface area contributed by atoms with Gasteiger partial charge in [-0.15, -0.1) is 11.3 Å². The Labute approximate surface area is 185 Å². The Bertz CT molecular complexity index is 1040. The predicted molar refractivity (Wildman–Crippen MR) is 120 cm³/mol. The van der Waals surface area contributed by atoms with Gasteiger partial charge in [-0.1, -0.05) is 12.1 Å². The number of hydrogen-bond donors (Lipinski definition) is 1. The van der Waals surface area contributed by atoms with Crippen LogP contribution in [-0.2, 0) is 27.3 Å². The lowest BCUT2D eigenvalue weighted by molar-refractivity contribution is -0.142. The van der Waals surface area contributed by atoms with E-state index in [-0.39, 0.29) is 18.3 Å². The molecular formula is C22H27N5O3S. The Morgan fingerprint density at radius 3 is 2.87 bits per heavy atom. The molecule has 2 aromatic heterocycles. The maximum absolute atomic E-state index is 12.4. The molecule has 8 nitrogen and oxygen atoms in total. The highest BCUT2D eigenvalue weighted by Crippen LogP contribution is 2.22. The number of thiazole rings is 1. The minimum absolute atomic E-state index is 0.0731. The van der Waals surface area contributed by atoms with Gasteiger partial charge < -0.3 is 14.6 Å². The molecule has 1 fully saturated rings. The summed E-state index contributed by atoms with van der Waals surface area (Å²) >= 11 is 1.33. The molecule has 1 aliphatic heterocycles. The summed E-state index contributed by atoms with van der Waals surface area (Å²) in [7, 11) is 0.